The highest BCUT2D eigenvalue weighted by Gasteiger charge is 2.35. The fourth-order valence-electron chi connectivity index (χ4n) is 1.83. The summed E-state index contributed by atoms with van der Waals surface area (Å²) in [6.07, 6.45) is 1.80. The molecule has 0 radical (unpaired) electrons. The lowest BCUT2D eigenvalue weighted by molar-refractivity contribution is 0.367. The SMILES string of the molecule is CC(C)C1(N)N=C(c2nccs2)c2sccc2N1. The lowest BCUT2D eigenvalue weighted by Gasteiger charge is -2.35. The summed E-state index contributed by atoms with van der Waals surface area (Å²) in [6.45, 7) is 4.13. The molecule has 0 amide bonds. The van der Waals surface area contributed by atoms with Crippen LogP contribution in [-0.4, -0.2) is 16.5 Å². The summed E-state index contributed by atoms with van der Waals surface area (Å²) in [6, 6.07) is 2.05. The Hall–Kier alpha value is -1.24. The maximum Gasteiger partial charge on any atom is 0.185 e. The fraction of sp³-hybridized carbons (Fsp3) is 0.333. The van der Waals surface area contributed by atoms with Crippen LogP contribution in [0.15, 0.2) is 28.0 Å². The summed E-state index contributed by atoms with van der Waals surface area (Å²) in [5.74, 6) is -0.560. The van der Waals surface area contributed by atoms with Crippen LogP contribution in [0.25, 0.3) is 0 Å². The largest absolute Gasteiger partial charge is 0.348 e. The smallest absolute Gasteiger partial charge is 0.185 e. The maximum atomic E-state index is 6.36. The maximum absolute atomic E-state index is 6.36. The number of hydrogen-bond acceptors (Lipinski definition) is 6. The van der Waals surface area contributed by atoms with E-state index >= 15 is 0 Å². The van der Waals surface area contributed by atoms with Crippen molar-refractivity contribution in [2.45, 2.75) is 19.6 Å². The van der Waals surface area contributed by atoms with Crippen LogP contribution in [0, 0.1) is 5.92 Å². The minimum Gasteiger partial charge on any atom is -0.348 e. The number of thiophene rings is 1. The highest BCUT2D eigenvalue weighted by atomic mass is 32.1. The van der Waals surface area contributed by atoms with Crippen LogP contribution in [0.1, 0.15) is 23.7 Å². The molecule has 3 N–H and O–H groups in total. The normalized spacial score (nSPS) is 22.6. The Morgan fingerprint density at radius 3 is 2.83 bits per heavy atom. The Kier molecular flexibility index (Phi) is 2.73. The van der Waals surface area contributed by atoms with Crippen molar-refractivity contribution in [2.24, 2.45) is 16.6 Å². The van der Waals surface area contributed by atoms with Crippen molar-refractivity contribution >= 4 is 34.1 Å². The molecule has 3 rings (SSSR count). The molecule has 0 aliphatic carbocycles. The molecular formula is C12H14N4S2. The van der Waals surface area contributed by atoms with Crippen LogP contribution in [-0.2, 0) is 0 Å². The first-order valence-electron chi connectivity index (χ1n) is 5.75. The highest BCUT2D eigenvalue weighted by molar-refractivity contribution is 7.16. The van der Waals surface area contributed by atoms with Gasteiger partial charge in [0.05, 0.1) is 10.6 Å². The molecule has 1 atom stereocenters. The molecule has 4 nitrogen and oxygen atoms in total. The lowest BCUT2D eigenvalue weighted by atomic mass is 10.0. The molecule has 2 aromatic rings. The number of hydrogen-bond donors (Lipinski definition) is 2. The summed E-state index contributed by atoms with van der Waals surface area (Å²) in [7, 11) is 0. The van der Waals surface area contributed by atoms with Crippen molar-refractivity contribution < 1.29 is 0 Å². The van der Waals surface area contributed by atoms with Gasteiger partial charge in [0.1, 0.15) is 10.7 Å². The van der Waals surface area contributed by atoms with Crippen LogP contribution in [0.5, 0.6) is 0 Å². The molecule has 1 aliphatic heterocycles. The van der Waals surface area contributed by atoms with Gasteiger partial charge in [0.25, 0.3) is 0 Å². The van der Waals surface area contributed by atoms with Gasteiger partial charge in [-0.1, -0.05) is 13.8 Å². The average Bonchev–Trinajstić information content (AvgIpc) is 2.98. The van der Waals surface area contributed by atoms with Crippen LogP contribution < -0.4 is 11.1 Å². The van der Waals surface area contributed by atoms with Gasteiger partial charge in [-0.15, -0.1) is 22.7 Å². The van der Waals surface area contributed by atoms with E-state index in [0.29, 0.717) is 0 Å². The molecule has 0 saturated carbocycles. The van der Waals surface area contributed by atoms with Crippen LogP contribution in [0.3, 0.4) is 0 Å². The van der Waals surface area contributed by atoms with E-state index in [2.05, 4.69) is 24.1 Å². The lowest BCUT2D eigenvalue weighted by Crippen LogP contribution is -2.53. The third-order valence-electron chi connectivity index (χ3n) is 3.03. The van der Waals surface area contributed by atoms with Gasteiger partial charge in [0.15, 0.2) is 5.79 Å². The highest BCUT2D eigenvalue weighted by Crippen LogP contribution is 2.35. The first kappa shape index (κ1) is 11.8. The van der Waals surface area contributed by atoms with Gasteiger partial charge < -0.3 is 5.32 Å². The van der Waals surface area contributed by atoms with Gasteiger partial charge in [0.2, 0.25) is 0 Å². The molecule has 0 bridgehead atoms. The minimum atomic E-state index is -0.755. The summed E-state index contributed by atoms with van der Waals surface area (Å²) >= 11 is 3.25. The summed E-state index contributed by atoms with van der Waals surface area (Å²) in [5.41, 5.74) is 8.31. The van der Waals surface area contributed by atoms with Crippen molar-refractivity contribution in [1.29, 1.82) is 0 Å². The standard InChI is InChI=1S/C12H14N4S2/c1-7(2)12(13)15-8-3-5-17-10(8)9(16-12)11-14-4-6-18-11/h3-7,15H,13H2,1-2H3. The fourth-order valence-corrected chi connectivity index (χ4v) is 3.37. The van der Waals surface area contributed by atoms with Crippen molar-refractivity contribution in [3.63, 3.8) is 0 Å². The van der Waals surface area contributed by atoms with Crippen molar-refractivity contribution in [1.82, 2.24) is 4.98 Å². The molecule has 1 aliphatic rings. The molecule has 2 aromatic heterocycles. The first-order chi connectivity index (χ1) is 8.60. The van der Waals surface area contributed by atoms with Crippen LogP contribution in [0.4, 0.5) is 5.69 Å². The predicted molar refractivity (Wildman–Crippen MR) is 77.5 cm³/mol. The Bertz CT molecular complexity index is 585. The average molecular weight is 278 g/mol. The van der Waals surface area contributed by atoms with E-state index in [0.717, 1.165) is 21.3 Å². The van der Waals surface area contributed by atoms with Gasteiger partial charge in [-0.3, -0.25) is 5.73 Å². The quantitative estimate of drug-likeness (QED) is 0.888. The summed E-state index contributed by atoms with van der Waals surface area (Å²) in [4.78, 5) is 10.2. The molecule has 0 fully saturated rings. The summed E-state index contributed by atoms with van der Waals surface area (Å²) in [5, 5.41) is 8.26. The van der Waals surface area contributed by atoms with Gasteiger partial charge in [-0.25, -0.2) is 9.98 Å². The Morgan fingerprint density at radius 2 is 2.17 bits per heavy atom. The first-order valence-corrected chi connectivity index (χ1v) is 7.51. The molecule has 6 heteroatoms. The monoisotopic (exact) mass is 278 g/mol. The number of nitrogens with zero attached hydrogens (tertiary/aromatic N) is 2. The number of rotatable bonds is 2. The summed E-state index contributed by atoms with van der Waals surface area (Å²) < 4.78 is 0. The van der Waals surface area contributed by atoms with Gasteiger partial charge in [-0.2, -0.15) is 0 Å². The number of thiazole rings is 1. The molecule has 94 valence electrons. The zero-order valence-electron chi connectivity index (χ0n) is 10.2. The second kappa shape index (κ2) is 4.15. The Balaban J connectivity index is 2.16. The Labute approximate surface area is 114 Å². The van der Waals surface area contributed by atoms with E-state index < -0.39 is 5.79 Å². The van der Waals surface area contributed by atoms with E-state index in [-0.39, 0.29) is 5.92 Å². The third kappa shape index (κ3) is 1.77. The van der Waals surface area contributed by atoms with E-state index in [1.807, 2.05) is 16.8 Å². The van der Waals surface area contributed by atoms with E-state index in [4.69, 9.17) is 10.7 Å². The zero-order chi connectivity index (χ0) is 12.8. The number of aliphatic imine (C=N–C) groups is 1. The molecule has 0 spiro atoms. The molecule has 3 heterocycles. The number of anilines is 1. The zero-order valence-corrected chi connectivity index (χ0v) is 11.8. The molecule has 0 aromatic carbocycles. The van der Waals surface area contributed by atoms with Crippen LogP contribution in [0.2, 0.25) is 0 Å². The second-order valence-electron chi connectivity index (χ2n) is 4.57. The van der Waals surface area contributed by atoms with Gasteiger partial charge in [-0.05, 0) is 11.4 Å². The van der Waals surface area contributed by atoms with Crippen molar-refractivity contribution in [3.05, 3.63) is 32.9 Å². The van der Waals surface area contributed by atoms with E-state index in [1.54, 1.807) is 28.9 Å². The molecule has 18 heavy (non-hydrogen) atoms. The number of nitrogens with one attached hydrogen (secondary N) is 1. The number of nitrogens with two attached hydrogens (primary N) is 1. The van der Waals surface area contributed by atoms with Gasteiger partial charge >= 0.3 is 0 Å². The number of aromatic nitrogens is 1. The van der Waals surface area contributed by atoms with E-state index in [9.17, 15) is 0 Å². The Morgan fingerprint density at radius 1 is 1.33 bits per heavy atom. The van der Waals surface area contributed by atoms with E-state index in [1.165, 1.54) is 0 Å². The minimum absolute atomic E-state index is 0.195. The second-order valence-corrected chi connectivity index (χ2v) is 6.38. The predicted octanol–water partition coefficient (Wildman–Crippen LogP) is 2.74. The molecular weight excluding hydrogens is 264 g/mol. The topological polar surface area (TPSA) is 63.3 Å². The van der Waals surface area contributed by atoms with Crippen molar-refractivity contribution in [2.75, 3.05) is 5.32 Å². The third-order valence-corrected chi connectivity index (χ3v) is 4.73. The number of fused-ring (bicyclic) bond motifs is 1. The molecule has 1 unspecified atom stereocenters. The van der Waals surface area contributed by atoms with Crippen LogP contribution >= 0.6 is 22.7 Å². The molecule has 0 saturated heterocycles. The van der Waals surface area contributed by atoms with Gasteiger partial charge in [0, 0.05) is 17.5 Å². The van der Waals surface area contributed by atoms with Crippen molar-refractivity contribution in [3.8, 4) is 0 Å².